The Kier molecular flexibility index (Phi) is 5.97. The molecule has 0 spiro atoms. The summed E-state index contributed by atoms with van der Waals surface area (Å²) in [5, 5.41) is 0. The molecule has 0 bridgehead atoms. The van der Waals surface area contributed by atoms with E-state index in [4.69, 9.17) is 0 Å². The molecule has 0 N–H and O–H groups in total. The van der Waals surface area contributed by atoms with Crippen molar-refractivity contribution in [2.24, 2.45) is 11.8 Å². The van der Waals surface area contributed by atoms with E-state index in [1.54, 1.807) is 0 Å². The van der Waals surface area contributed by atoms with Gasteiger partial charge in [-0.2, -0.15) is 0 Å². The molecule has 0 amide bonds. The summed E-state index contributed by atoms with van der Waals surface area (Å²) in [4.78, 5) is 11.7. The summed E-state index contributed by atoms with van der Waals surface area (Å²) < 4.78 is 0. The second-order valence-corrected chi connectivity index (χ2v) is 5.25. The van der Waals surface area contributed by atoms with E-state index < -0.39 is 0 Å². The van der Waals surface area contributed by atoms with Gasteiger partial charge < -0.3 is 0 Å². The highest BCUT2D eigenvalue weighted by Crippen LogP contribution is 2.29. The van der Waals surface area contributed by atoms with Gasteiger partial charge in [-0.05, 0) is 25.2 Å². The lowest BCUT2D eigenvalue weighted by atomic mass is 9.79. The van der Waals surface area contributed by atoms with E-state index in [9.17, 15) is 4.79 Å². The minimum absolute atomic E-state index is 0.412. The first-order valence-electron chi connectivity index (χ1n) is 6.76. The quantitative estimate of drug-likeness (QED) is 0.596. The van der Waals surface area contributed by atoms with E-state index in [2.05, 4.69) is 13.8 Å². The van der Waals surface area contributed by atoms with Crippen LogP contribution in [0.25, 0.3) is 0 Å². The Morgan fingerprint density at radius 3 is 2.67 bits per heavy atom. The first-order chi connectivity index (χ1) is 7.24. The maximum absolute atomic E-state index is 11.7. The van der Waals surface area contributed by atoms with Crippen LogP contribution >= 0.6 is 0 Å². The Bertz CT molecular complexity index is 186. The average molecular weight is 210 g/mol. The first kappa shape index (κ1) is 12.7. The Labute approximate surface area is 94.6 Å². The monoisotopic (exact) mass is 210 g/mol. The van der Waals surface area contributed by atoms with Gasteiger partial charge in [-0.1, -0.05) is 46.0 Å². The van der Waals surface area contributed by atoms with Gasteiger partial charge in [-0.3, -0.25) is 4.79 Å². The molecule has 0 aromatic rings. The Balaban J connectivity index is 2.11. The van der Waals surface area contributed by atoms with Crippen molar-refractivity contribution < 1.29 is 4.79 Å². The molecule has 0 heterocycles. The van der Waals surface area contributed by atoms with Crippen molar-refractivity contribution in [2.45, 2.75) is 71.6 Å². The maximum Gasteiger partial charge on any atom is 0.135 e. The number of ketones is 1. The topological polar surface area (TPSA) is 17.1 Å². The number of Topliss-reactive ketones (excluding diaryl/α,β-unsaturated/α-hetero) is 1. The highest BCUT2D eigenvalue weighted by atomic mass is 16.1. The third-order valence-corrected chi connectivity index (χ3v) is 3.68. The van der Waals surface area contributed by atoms with E-state index in [-0.39, 0.29) is 0 Å². The van der Waals surface area contributed by atoms with Gasteiger partial charge in [0.1, 0.15) is 5.78 Å². The molecule has 1 heteroatoms. The van der Waals surface area contributed by atoms with Crippen LogP contribution in [0.15, 0.2) is 0 Å². The van der Waals surface area contributed by atoms with Crippen molar-refractivity contribution >= 4 is 5.78 Å². The van der Waals surface area contributed by atoms with E-state index in [0.717, 1.165) is 31.6 Å². The molecule has 0 saturated heterocycles. The van der Waals surface area contributed by atoms with Crippen molar-refractivity contribution in [3.63, 3.8) is 0 Å². The van der Waals surface area contributed by atoms with E-state index in [1.165, 1.54) is 32.1 Å². The van der Waals surface area contributed by atoms with Crippen LogP contribution in [0.3, 0.4) is 0 Å². The molecule has 1 aliphatic rings. The summed E-state index contributed by atoms with van der Waals surface area (Å²) in [6.07, 6.45) is 10.9. The molecule has 1 fully saturated rings. The number of carbonyl (C=O) groups is 1. The van der Waals surface area contributed by atoms with Crippen LogP contribution in [-0.2, 0) is 4.79 Å². The van der Waals surface area contributed by atoms with Crippen LogP contribution in [0.5, 0.6) is 0 Å². The minimum Gasteiger partial charge on any atom is -0.299 e. The zero-order valence-electron chi connectivity index (χ0n) is 10.4. The fourth-order valence-corrected chi connectivity index (χ4v) is 2.60. The lowest BCUT2D eigenvalue weighted by Crippen LogP contribution is -2.23. The van der Waals surface area contributed by atoms with Gasteiger partial charge in [0.2, 0.25) is 0 Å². The molecule has 88 valence electrons. The molecule has 1 saturated carbocycles. The number of carbonyl (C=O) groups excluding carboxylic acids is 1. The maximum atomic E-state index is 11.7. The van der Waals surface area contributed by atoms with Gasteiger partial charge in [-0.15, -0.1) is 0 Å². The van der Waals surface area contributed by atoms with Crippen molar-refractivity contribution in [1.29, 1.82) is 0 Å². The molecular weight excluding hydrogens is 184 g/mol. The number of unbranched alkanes of at least 4 members (excludes halogenated alkanes) is 4. The van der Waals surface area contributed by atoms with Crippen LogP contribution in [0, 0.1) is 11.8 Å². The third kappa shape index (κ3) is 4.81. The predicted molar refractivity (Wildman–Crippen MR) is 64.9 cm³/mol. The summed E-state index contributed by atoms with van der Waals surface area (Å²) >= 11 is 0. The number of hydrogen-bond acceptors (Lipinski definition) is 1. The van der Waals surface area contributed by atoms with E-state index in [1.807, 2.05) is 0 Å². The summed E-state index contributed by atoms with van der Waals surface area (Å²) in [7, 11) is 0. The van der Waals surface area contributed by atoms with Gasteiger partial charge >= 0.3 is 0 Å². The van der Waals surface area contributed by atoms with Gasteiger partial charge in [0.15, 0.2) is 0 Å². The lowest BCUT2D eigenvalue weighted by molar-refractivity contribution is -0.125. The third-order valence-electron chi connectivity index (χ3n) is 3.68. The van der Waals surface area contributed by atoms with Gasteiger partial charge in [0, 0.05) is 12.3 Å². The zero-order chi connectivity index (χ0) is 11.1. The smallest absolute Gasteiger partial charge is 0.135 e. The van der Waals surface area contributed by atoms with Gasteiger partial charge in [-0.25, -0.2) is 0 Å². The minimum atomic E-state index is 0.412. The molecule has 0 aromatic heterocycles. The largest absolute Gasteiger partial charge is 0.299 e. The van der Waals surface area contributed by atoms with Gasteiger partial charge in [0.05, 0.1) is 0 Å². The molecule has 0 aromatic carbocycles. The number of rotatable bonds is 6. The van der Waals surface area contributed by atoms with Gasteiger partial charge in [0.25, 0.3) is 0 Å². The Morgan fingerprint density at radius 2 is 1.93 bits per heavy atom. The summed E-state index contributed by atoms with van der Waals surface area (Å²) in [6, 6.07) is 0. The van der Waals surface area contributed by atoms with Crippen LogP contribution in [-0.4, -0.2) is 5.78 Å². The predicted octanol–water partition coefficient (Wildman–Crippen LogP) is 4.35. The fourth-order valence-electron chi connectivity index (χ4n) is 2.60. The average Bonchev–Trinajstić information content (AvgIpc) is 2.23. The molecule has 0 aliphatic heterocycles. The van der Waals surface area contributed by atoms with E-state index >= 15 is 0 Å². The van der Waals surface area contributed by atoms with Crippen molar-refractivity contribution in [1.82, 2.24) is 0 Å². The molecule has 1 aliphatic carbocycles. The van der Waals surface area contributed by atoms with Crippen LogP contribution in [0.4, 0.5) is 0 Å². The highest BCUT2D eigenvalue weighted by molar-refractivity contribution is 5.81. The standard InChI is InChI=1S/C14H26O/c1-3-4-5-6-7-8-13-11-12(2)9-10-14(13)15/h12-13H,3-11H2,1-2H3. The first-order valence-corrected chi connectivity index (χ1v) is 6.76. The lowest BCUT2D eigenvalue weighted by Gasteiger charge is -2.25. The molecule has 15 heavy (non-hydrogen) atoms. The molecule has 2 atom stereocenters. The van der Waals surface area contributed by atoms with Crippen LogP contribution in [0.1, 0.15) is 71.6 Å². The normalized spacial score (nSPS) is 26.9. The van der Waals surface area contributed by atoms with Crippen LogP contribution < -0.4 is 0 Å². The molecule has 1 rings (SSSR count). The number of hydrogen-bond donors (Lipinski definition) is 0. The molecular formula is C14H26O. The summed E-state index contributed by atoms with van der Waals surface area (Å²) in [5.74, 6) is 1.74. The second kappa shape index (κ2) is 7.03. The van der Waals surface area contributed by atoms with Crippen molar-refractivity contribution in [2.75, 3.05) is 0 Å². The molecule has 2 unspecified atom stereocenters. The Morgan fingerprint density at radius 1 is 1.20 bits per heavy atom. The molecule has 1 nitrogen and oxygen atoms in total. The SMILES string of the molecule is CCCCCCCC1CC(C)CCC1=O. The Hall–Kier alpha value is -0.330. The summed E-state index contributed by atoms with van der Waals surface area (Å²) in [6.45, 7) is 4.53. The van der Waals surface area contributed by atoms with Crippen molar-refractivity contribution in [3.8, 4) is 0 Å². The second-order valence-electron chi connectivity index (χ2n) is 5.25. The van der Waals surface area contributed by atoms with E-state index in [0.29, 0.717) is 11.7 Å². The zero-order valence-corrected chi connectivity index (χ0v) is 10.4. The summed E-state index contributed by atoms with van der Waals surface area (Å²) in [5.41, 5.74) is 0. The molecule has 0 radical (unpaired) electrons. The highest BCUT2D eigenvalue weighted by Gasteiger charge is 2.25. The van der Waals surface area contributed by atoms with Crippen LogP contribution in [0.2, 0.25) is 0 Å². The fraction of sp³-hybridized carbons (Fsp3) is 0.929. The van der Waals surface area contributed by atoms with Crippen molar-refractivity contribution in [3.05, 3.63) is 0 Å².